The largest absolute Gasteiger partial charge is 0.371 e. The highest BCUT2D eigenvalue weighted by Crippen LogP contribution is 2.08. The summed E-state index contributed by atoms with van der Waals surface area (Å²) in [5, 5.41) is 0. The van der Waals surface area contributed by atoms with E-state index in [9.17, 15) is 0 Å². The van der Waals surface area contributed by atoms with Crippen LogP contribution < -0.4 is 0 Å². The fourth-order valence-electron chi connectivity index (χ4n) is 3.48. The number of nitrogens with zero attached hydrogens (tertiary/aromatic N) is 1. The lowest BCUT2D eigenvalue weighted by molar-refractivity contribution is -0.910. The number of hydrogen-bond acceptors (Lipinski definition) is 3. The smallest absolute Gasteiger partial charge is 0.102 e. The summed E-state index contributed by atoms with van der Waals surface area (Å²) in [7, 11) is 2.27. The van der Waals surface area contributed by atoms with E-state index in [0.717, 1.165) is 24.1 Å². The normalized spacial score (nSPS) is 11.5. The van der Waals surface area contributed by atoms with Gasteiger partial charge in [0.05, 0.1) is 46.7 Å². The molecule has 4 nitrogen and oxygen atoms in total. The van der Waals surface area contributed by atoms with E-state index in [1.165, 1.54) is 16.7 Å². The Morgan fingerprint density at radius 1 is 0.469 bits per heavy atom. The van der Waals surface area contributed by atoms with Crippen LogP contribution in [0.15, 0.2) is 91.0 Å². The molecular formula is C28H36NO3+. The van der Waals surface area contributed by atoms with Crippen LogP contribution in [0.2, 0.25) is 0 Å². The SMILES string of the molecule is C[N+](CCOCc1ccccc1)(CCOCc1ccccc1)CCOCc1ccccc1. The zero-order valence-corrected chi connectivity index (χ0v) is 19.2. The first-order chi connectivity index (χ1) is 15.7. The maximum absolute atomic E-state index is 5.97. The Balaban J connectivity index is 1.42. The van der Waals surface area contributed by atoms with E-state index in [0.29, 0.717) is 39.6 Å². The van der Waals surface area contributed by atoms with E-state index >= 15 is 0 Å². The molecule has 0 aliphatic heterocycles. The number of quaternary nitrogens is 1. The molecule has 0 aromatic heterocycles. The van der Waals surface area contributed by atoms with Gasteiger partial charge in [-0.25, -0.2) is 0 Å². The summed E-state index contributed by atoms with van der Waals surface area (Å²) in [5.41, 5.74) is 3.62. The first kappa shape index (κ1) is 24.1. The van der Waals surface area contributed by atoms with Gasteiger partial charge in [0.1, 0.15) is 19.6 Å². The number of likely N-dealkylation sites (N-methyl/N-ethyl adjacent to an activating group) is 1. The van der Waals surface area contributed by atoms with Crippen LogP contribution in [0.5, 0.6) is 0 Å². The molecule has 0 saturated carbocycles. The van der Waals surface area contributed by atoms with Crippen molar-refractivity contribution in [2.75, 3.05) is 46.5 Å². The van der Waals surface area contributed by atoms with Crippen molar-refractivity contribution >= 4 is 0 Å². The molecule has 0 aliphatic carbocycles. The van der Waals surface area contributed by atoms with Gasteiger partial charge in [-0.3, -0.25) is 0 Å². The van der Waals surface area contributed by atoms with E-state index in [2.05, 4.69) is 43.4 Å². The summed E-state index contributed by atoms with van der Waals surface area (Å²) < 4.78 is 18.8. The average Bonchev–Trinajstić information content (AvgIpc) is 2.85. The van der Waals surface area contributed by atoms with Gasteiger partial charge in [-0.05, 0) is 16.7 Å². The van der Waals surface area contributed by atoms with E-state index < -0.39 is 0 Å². The zero-order chi connectivity index (χ0) is 22.3. The lowest BCUT2D eigenvalue weighted by Crippen LogP contribution is -2.50. The van der Waals surface area contributed by atoms with Crippen LogP contribution >= 0.6 is 0 Å². The minimum Gasteiger partial charge on any atom is -0.371 e. The van der Waals surface area contributed by atoms with Crippen LogP contribution in [0.4, 0.5) is 0 Å². The van der Waals surface area contributed by atoms with Crippen molar-refractivity contribution < 1.29 is 18.7 Å². The van der Waals surface area contributed by atoms with E-state index in [4.69, 9.17) is 14.2 Å². The second-order valence-electron chi connectivity index (χ2n) is 8.40. The first-order valence-corrected chi connectivity index (χ1v) is 11.4. The summed E-state index contributed by atoms with van der Waals surface area (Å²) in [6.45, 7) is 6.86. The molecule has 0 saturated heterocycles. The van der Waals surface area contributed by atoms with Crippen molar-refractivity contribution in [3.63, 3.8) is 0 Å². The monoisotopic (exact) mass is 434 g/mol. The Bertz CT molecular complexity index is 740. The van der Waals surface area contributed by atoms with Crippen molar-refractivity contribution in [1.82, 2.24) is 0 Å². The molecule has 0 amide bonds. The van der Waals surface area contributed by atoms with Crippen LogP contribution in [0.3, 0.4) is 0 Å². The second kappa shape index (κ2) is 13.8. The van der Waals surface area contributed by atoms with Gasteiger partial charge in [0.15, 0.2) is 0 Å². The maximum Gasteiger partial charge on any atom is 0.102 e. The Labute approximate surface area is 193 Å². The topological polar surface area (TPSA) is 27.7 Å². The molecule has 0 spiro atoms. The van der Waals surface area contributed by atoms with Gasteiger partial charge in [0, 0.05) is 0 Å². The molecule has 3 rings (SSSR count). The van der Waals surface area contributed by atoms with Crippen molar-refractivity contribution in [3.05, 3.63) is 108 Å². The fourth-order valence-corrected chi connectivity index (χ4v) is 3.48. The predicted molar refractivity (Wildman–Crippen MR) is 129 cm³/mol. The Hall–Kier alpha value is -2.50. The molecule has 170 valence electrons. The standard InChI is InChI=1S/C28H36NO3/c1-29(17-20-30-23-26-11-5-2-6-12-26,18-21-31-24-27-13-7-3-8-14-27)19-22-32-25-28-15-9-4-10-16-28/h2-16H,17-25H2,1H3/q+1. The molecule has 0 radical (unpaired) electrons. The van der Waals surface area contributed by atoms with Gasteiger partial charge in [-0.2, -0.15) is 0 Å². The summed E-state index contributed by atoms with van der Waals surface area (Å²) in [6.07, 6.45) is 0. The summed E-state index contributed by atoms with van der Waals surface area (Å²) in [6, 6.07) is 31.0. The summed E-state index contributed by atoms with van der Waals surface area (Å²) >= 11 is 0. The van der Waals surface area contributed by atoms with Crippen LogP contribution in [-0.4, -0.2) is 51.0 Å². The number of hydrogen-bond donors (Lipinski definition) is 0. The Kier molecular flexibility index (Phi) is 10.4. The lowest BCUT2D eigenvalue weighted by Gasteiger charge is -2.34. The third-order valence-electron chi connectivity index (χ3n) is 5.66. The quantitative estimate of drug-likeness (QED) is 0.247. The van der Waals surface area contributed by atoms with Crippen LogP contribution in [0.25, 0.3) is 0 Å². The molecule has 4 heteroatoms. The molecule has 0 fully saturated rings. The lowest BCUT2D eigenvalue weighted by atomic mass is 10.2. The van der Waals surface area contributed by atoms with Crippen LogP contribution in [0.1, 0.15) is 16.7 Å². The van der Waals surface area contributed by atoms with Gasteiger partial charge in [0.2, 0.25) is 0 Å². The van der Waals surface area contributed by atoms with Crippen LogP contribution in [-0.2, 0) is 34.0 Å². The third kappa shape index (κ3) is 9.33. The van der Waals surface area contributed by atoms with Gasteiger partial charge in [-0.1, -0.05) is 91.0 Å². The molecule has 3 aromatic rings. The molecule has 0 N–H and O–H groups in total. The molecule has 0 heterocycles. The number of ether oxygens (including phenoxy) is 3. The zero-order valence-electron chi connectivity index (χ0n) is 19.2. The maximum atomic E-state index is 5.97. The molecule has 0 aliphatic rings. The number of benzene rings is 3. The van der Waals surface area contributed by atoms with Crippen molar-refractivity contribution in [3.8, 4) is 0 Å². The molecule has 32 heavy (non-hydrogen) atoms. The van der Waals surface area contributed by atoms with Gasteiger partial charge >= 0.3 is 0 Å². The average molecular weight is 435 g/mol. The van der Waals surface area contributed by atoms with Crippen molar-refractivity contribution in [2.45, 2.75) is 19.8 Å². The van der Waals surface area contributed by atoms with Crippen LogP contribution in [0, 0.1) is 0 Å². The van der Waals surface area contributed by atoms with E-state index in [-0.39, 0.29) is 0 Å². The molecule has 0 bridgehead atoms. The Morgan fingerprint density at radius 3 is 1.03 bits per heavy atom. The molecular weight excluding hydrogens is 398 g/mol. The molecule has 0 unspecified atom stereocenters. The highest BCUT2D eigenvalue weighted by Gasteiger charge is 2.21. The minimum absolute atomic E-state index is 0.649. The van der Waals surface area contributed by atoms with Gasteiger partial charge in [-0.15, -0.1) is 0 Å². The van der Waals surface area contributed by atoms with Crippen molar-refractivity contribution in [1.29, 1.82) is 0 Å². The van der Waals surface area contributed by atoms with Gasteiger partial charge < -0.3 is 18.7 Å². The minimum atomic E-state index is 0.649. The summed E-state index contributed by atoms with van der Waals surface area (Å²) in [4.78, 5) is 0. The van der Waals surface area contributed by atoms with Crippen molar-refractivity contribution in [2.24, 2.45) is 0 Å². The molecule has 0 atom stereocenters. The first-order valence-electron chi connectivity index (χ1n) is 11.4. The van der Waals surface area contributed by atoms with E-state index in [1.807, 2.05) is 54.6 Å². The van der Waals surface area contributed by atoms with E-state index in [1.54, 1.807) is 0 Å². The third-order valence-corrected chi connectivity index (χ3v) is 5.66. The molecule has 3 aromatic carbocycles. The highest BCUT2D eigenvalue weighted by molar-refractivity contribution is 5.14. The second-order valence-corrected chi connectivity index (χ2v) is 8.40. The fraction of sp³-hybridized carbons (Fsp3) is 0.357. The Morgan fingerprint density at radius 2 is 0.750 bits per heavy atom. The highest BCUT2D eigenvalue weighted by atomic mass is 16.5. The number of rotatable bonds is 15. The van der Waals surface area contributed by atoms with Gasteiger partial charge in [0.25, 0.3) is 0 Å². The predicted octanol–water partition coefficient (Wildman–Crippen LogP) is 5.08. The summed E-state index contributed by atoms with van der Waals surface area (Å²) in [5.74, 6) is 0.